The zero-order valence-corrected chi connectivity index (χ0v) is 10.9. The molecule has 4 rings (SSSR count). The lowest BCUT2D eigenvalue weighted by molar-refractivity contribution is -0.117. The zero-order chi connectivity index (χ0) is 14.6. The third-order valence-corrected chi connectivity index (χ3v) is 3.88. The first-order valence-electron chi connectivity index (χ1n) is 6.51. The predicted octanol–water partition coefficient (Wildman–Crippen LogP) is 2.89. The van der Waals surface area contributed by atoms with Gasteiger partial charge in [-0.25, -0.2) is 4.39 Å². The summed E-state index contributed by atoms with van der Waals surface area (Å²) in [7, 11) is 0. The van der Waals surface area contributed by atoms with Crippen molar-refractivity contribution in [3.63, 3.8) is 0 Å². The molecule has 21 heavy (non-hydrogen) atoms. The molecule has 0 saturated carbocycles. The second-order valence-corrected chi connectivity index (χ2v) is 5.09. The van der Waals surface area contributed by atoms with Gasteiger partial charge < -0.3 is 10.4 Å². The van der Waals surface area contributed by atoms with E-state index < -0.39 is 11.6 Å². The van der Waals surface area contributed by atoms with Gasteiger partial charge in [-0.1, -0.05) is 24.3 Å². The molecule has 1 amide bonds. The third kappa shape index (κ3) is 1.45. The van der Waals surface area contributed by atoms with Gasteiger partial charge >= 0.3 is 0 Å². The average Bonchev–Trinajstić information content (AvgIpc) is 2.93. The summed E-state index contributed by atoms with van der Waals surface area (Å²) in [5.74, 6) is -1.15. The molecule has 0 aromatic heterocycles. The van der Waals surface area contributed by atoms with Gasteiger partial charge in [-0.15, -0.1) is 0 Å². The van der Waals surface area contributed by atoms with E-state index >= 15 is 0 Å². The van der Waals surface area contributed by atoms with Gasteiger partial charge in [0.05, 0.1) is 11.4 Å². The Balaban J connectivity index is 1.94. The molecule has 2 aliphatic rings. The van der Waals surface area contributed by atoms with Crippen LogP contribution in [0.1, 0.15) is 5.56 Å². The smallest absolute Gasteiger partial charge is 0.295 e. The zero-order valence-electron chi connectivity index (χ0n) is 10.9. The molecule has 2 N–H and O–H groups in total. The number of hydrogen-bond donors (Lipinski definition) is 2. The van der Waals surface area contributed by atoms with Crippen LogP contribution in [0.15, 0.2) is 60.4 Å². The Hall–Kier alpha value is -2.82. The summed E-state index contributed by atoms with van der Waals surface area (Å²) < 4.78 is 13.2. The van der Waals surface area contributed by atoms with Gasteiger partial charge in [-0.2, -0.15) is 0 Å². The number of carbonyl (C=O) groups excluding carboxylic acids is 1. The molecule has 2 aromatic rings. The van der Waals surface area contributed by atoms with Gasteiger partial charge in [0.15, 0.2) is 11.4 Å². The SMILES string of the molecule is O=C1C(O)=C[C@]2(c3ccc(F)cc3)Nc3ccccc3N12. The van der Waals surface area contributed by atoms with Crippen molar-refractivity contribution in [3.8, 4) is 0 Å². The van der Waals surface area contributed by atoms with E-state index in [0.29, 0.717) is 11.3 Å². The molecule has 2 aromatic carbocycles. The van der Waals surface area contributed by atoms with Crippen molar-refractivity contribution in [1.29, 1.82) is 0 Å². The highest BCUT2D eigenvalue weighted by atomic mass is 19.1. The molecule has 104 valence electrons. The minimum Gasteiger partial charge on any atom is -0.503 e. The minimum atomic E-state index is -1.00. The Morgan fingerprint density at radius 2 is 1.81 bits per heavy atom. The van der Waals surface area contributed by atoms with Crippen molar-refractivity contribution in [1.82, 2.24) is 0 Å². The van der Waals surface area contributed by atoms with Crippen LogP contribution in [-0.2, 0) is 10.5 Å². The van der Waals surface area contributed by atoms with Crippen molar-refractivity contribution in [2.24, 2.45) is 0 Å². The number of carbonyl (C=O) groups is 1. The predicted molar refractivity (Wildman–Crippen MR) is 76.3 cm³/mol. The lowest BCUT2D eigenvalue weighted by Gasteiger charge is -2.31. The molecule has 0 fully saturated rings. The number of nitrogens with one attached hydrogen (secondary N) is 1. The largest absolute Gasteiger partial charge is 0.503 e. The van der Waals surface area contributed by atoms with Crippen molar-refractivity contribution in [2.45, 2.75) is 5.66 Å². The van der Waals surface area contributed by atoms with E-state index in [1.54, 1.807) is 18.2 Å². The minimum absolute atomic E-state index is 0.318. The normalized spacial score (nSPS) is 22.6. The van der Waals surface area contributed by atoms with Crippen molar-refractivity contribution < 1.29 is 14.3 Å². The van der Waals surface area contributed by atoms with Crippen molar-refractivity contribution in [3.05, 3.63) is 71.7 Å². The first-order valence-corrected chi connectivity index (χ1v) is 6.51. The lowest BCUT2D eigenvalue weighted by atomic mass is 10.00. The molecule has 2 heterocycles. The van der Waals surface area contributed by atoms with Crippen molar-refractivity contribution >= 4 is 17.3 Å². The van der Waals surface area contributed by atoms with E-state index in [1.807, 2.05) is 18.2 Å². The molecular formula is C16H11FN2O2. The number of hydrogen-bond acceptors (Lipinski definition) is 3. The van der Waals surface area contributed by atoms with Crippen molar-refractivity contribution in [2.75, 3.05) is 10.2 Å². The van der Waals surface area contributed by atoms with E-state index in [2.05, 4.69) is 5.32 Å². The molecular weight excluding hydrogens is 271 g/mol. The summed E-state index contributed by atoms with van der Waals surface area (Å²) >= 11 is 0. The van der Waals surface area contributed by atoms with E-state index in [9.17, 15) is 14.3 Å². The maximum atomic E-state index is 13.2. The fourth-order valence-corrected chi connectivity index (χ4v) is 2.96. The summed E-state index contributed by atoms with van der Waals surface area (Å²) in [6, 6.07) is 13.2. The number of amides is 1. The van der Waals surface area contributed by atoms with Crippen LogP contribution in [0.4, 0.5) is 15.8 Å². The van der Waals surface area contributed by atoms with E-state index in [1.165, 1.54) is 23.1 Å². The highest BCUT2D eigenvalue weighted by Crippen LogP contribution is 2.49. The number of aliphatic hydroxyl groups excluding tert-OH is 1. The van der Waals surface area contributed by atoms with Gasteiger partial charge in [0.2, 0.25) is 0 Å². The Morgan fingerprint density at radius 1 is 1.10 bits per heavy atom. The number of rotatable bonds is 1. The molecule has 2 aliphatic heterocycles. The first kappa shape index (κ1) is 12.0. The molecule has 1 atom stereocenters. The number of halogens is 1. The summed E-state index contributed by atoms with van der Waals surface area (Å²) in [5, 5.41) is 13.1. The molecule has 0 spiro atoms. The monoisotopic (exact) mass is 282 g/mol. The van der Waals surface area contributed by atoms with E-state index in [4.69, 9.17) is 0 Å². The maximum absolute atomic E-state index is 13.2. The quantitative estimate of drug-likeness (QED) is 0.845. The lowest BCUT2D eigenvalue weighted by Crippen LogP contribution is -2.45. The van der Waals surface area contributed by atoms with Crippen LogP contribution >= 0.6 is 0 Å². The van der Waals surface area contributed by atoms with Gasteiger partial charge in [-0.05, 0) is 24.3 Å². The van der Waals surface area contributed by atoms with Gasteiger partial charge in [0, 0.05) is 11.6 Å². The number of anilines is 2. The highest BCUT2D eigenvalue weighted by molar-refractivity contribution is 6.13. The summed E-state index contributed by atoms with van der Waals surface area (Å²) in [4.78, 5) is 13.8. The number of fused-ring (bicyclic) bond motifs is 3. The Bertz CT molecular complexity index is 785. The second kappa shape index (κ2) is 3.85. The first-order chi connectivity index (χ1) is 10.1. The third-order valence-electron chi connectivity index (χ3n) is 3.88. The molecule has 5 heteroatoms. The molecule has 0 radical (unpaired) electrons. The number of para-hydroxylation sites is 2. The number of benzene rings is 2. The summed E-state index contributed by atoms with van der Waals surface area (Å²) in [6.45, 7) is 0. The van der Waals surface area contributed by atoms with Gasteiger partial charge in [0.1, 0.15) is 5.82 Å². The fraction of sp³-hybridized carbons (Fsp3) is 0.0625. The van der Waals surface area contributed by atoms with Crippen LogP contribution < -0.4 is 10.2 Å². The topological polar surface area (TPSA) is 52.6 Å². The molecule has 4 nitrogen and oxygen atoms in total. The highest BCUT2D eigenvalue weighted by Gasteiger charge is 2.52. The fourth-order valence-electron chi connectivity index (χ4n) is 2.96. The van der Waals surface area contributed by atoms with Crippen LogP contribution in [0, 0.1) is 5.82 Å². The standard InChI is InChI=1S/C16H11FN2O2/c17-11-7-5-10(6-8-11)16-9-14(20)15(21)19(16)13-4-2-1-3-12(13)18-16/h1-9,18,20H/t16-/m0/s1. The molecule has 0 aliphatic carbocycles. The van der Waals surface area contributed by atoms with E-state index in [-0.39, 0.29) is 11.6 Å². The van der Waals surface area contributed by atoms with Crippen LogP contribution in [-0.4, -0.2) is 11.0 Å². The van der Waals surface area contributed by atoms with Gasteiger partial charge in [0.25, 0.3) is 5.91 Å². The van der Waals surface area contributed by atoms with Crippen LogP contribution in [0.3, 0.4) is 0 Å². The molecule has 0 unspecified atom stereocenters. The van der Waals surface area contributed by atoms with Gasteiger partial charge in [-0.3, -0.25) is 9.69 Å². The maximum Gasteiger partial charge on any atom is 0.295 e. The summed E-state index contributed by atoms with van der Waals surface area (Å²) in [5.41, 5.74) is 1.15. The second-order valence-electron chi connectivity index (χ2n) is 5.09. The molecule has 0 bridgehead atoms. The van der Waals surface area contributed by atoms with Crippen LogP contribution in [0.2, 0.25) is 0 Å². The summed E-state index contributed by atoms with van der Waals surface area (Å²) in [6.07, 6.45) is 1.46. The Morgan fingerprint density at radius 3 is 2.57 bits per heavy atom. The Labute approximate surface area is 120 Å². The number of nitrogens with zero attached hydrogens (tertiary/aromatic N) is 1. The van der Waals surface area contributed by atoms with Crippen LogP contribution in [0.5, 0.6) is 0 Å². The van der Waals surface area contributed by atoms with E-state index in [0.717, 1.165) is 5.69 Å². The average molecular weight is 282 g/mol. The molecule has 0 saturated heterocycles. The number of aliphatic hydroxyl groups is 1. The van der Waals surface area contributed by atoms with Crippen LogP contribution in [0.25, 0.3) is 0 Å². The Kier molecular flexibility index (Phi) is 2.19.